The summed E-state index contributed by atoms with van der Waals surface area (Å²) in [5, 5.41) is 29.4. The number of hydrogen-bond donors (Lipinski definition) is 3. The van der Waals surface area contributed by atoms with Gasteiger partial charge in [-0.2, -0.15) is 5.26 Å². The number of aliphatic hydroxyl groups excluding tert-OH is 2. The summed E-state index contributed by atoms with van der Waals surface area (Å²) >= 11 is 0. The van der Waals surface area contributed by atoms with E-state index in [9.17, 15) is 0 Å². The third kappa shape index (κ3) is 7.32. The lowest BCUT2D eigenvalue weighted by atomic mass is 9.89. The van der Waals surface area contributed by atoms with Gasteiger partial charge in [-0.15, -0.1) is 0 Å². The Morgan fingerprint density at radius 3 is 2.33 bits per heavy atom. The van der Waals surface area contributed by atoms with E-state index in [1.165, 1.54) is 0 Å². The van der Waals surface area contributed by atoms with Crippen LogP contribution in [-0.2, 0) is 0 Å². The van der Waals surface area contributed by atoms with Crippen LogP contribution in [0.1, 0.15) is 33.1 Å². The van der Waals surface area contributed by atoms with Crippen molar-refractivity contribution in [3.8, 4) is 6.07 Å². The number of nitrogens with zero attached hydrogens (tertiary/aromatic N) is 1. The van der Waals surface area contributed by atoms with Gasteiger partial charge in [-0.25, -0.2) is 0 Å². The lowest BCUT2D eigenvalue weighted by Crippen LogP contribution is -2.36. The van der Waals surface area contributed by atoms with Crippen molar-refractivity contribution >= 4 is 0 Å². The lowest BCUT2D eigenvalue weighted by molar-refractivity contribution is 0.170. The Morgan fingerprint density at radius 1 is 1.27 bits per heavy atom. The largest absolute Gasteiger partial charge is 0.395 e. The van der Waals surface area contributed by atoms with Gasteiger partial charge in [0.2, 0.25) is 0 Å². The highest BCUT2D eigenvalue weighted by atomic mass is 16.3. The van der Waals surface area contributed by atoms with Crippen LogP contribution in [0.3, 0.4) is 0 Å². The summed E-state index contributed by atoms with van der Waals surface area (Å²) in [6, 6.07) is 2.05. The molecule has 0 atom stereocenters. The van der Waals surface area contributed by atoms with Crippen LogP contribution >= 0.6 is 0 Å². The van der Waals surface area contributed by atoms with E-state index in [0.29, 0.717) is 0 Å². The molecule has 4 heteroatoms. The van der Waals surface area contributed by atoms with E-state index in [4.69, 9.17) is 15.5 Å². The second-order valence-electron chi connectivity index (χ2n) is 4.47. The van der Waals surface area contributed by atoms with Crippen LogP contribution in [0.2, 0.25) is 0 Å². The Morgan fingerprint density at radius 2 is 1.87 bits per heavy atom. The molecule has 0 saturated heterocycles. The molecule has 0 fully saturated rings. The van der Waals surface area contributed by atoms with Crippen molar-refractivity contribution in [2.75, 3.05) is 19.8 Å². The fourth-order valence-electron chi connectivity index (χ4n) is 1.24. The number of rotatable bonds is 8. The SMILES string of the molecule is CC(C)(C#N)CCCCNC(CO)CO. The van der Waals surface area contributed by atoms with E-state index in [1.807, 2.05) is 13.8 Å². The average molecular weight is 214 g/mol. The number of nitrogens with one attached hydrogen (secondary N) is 1. The maximum Gasteiger partial charge on any atom is 0.0683 e. The maximum absolute atomic E-state index is 8.78. The molecule has 15 heavy (non-hydrogen) atoms. The first-order chi connectivity index (χ1) is 7.05. The number of nitriles is 1. The minimum atomic E-state index is -0.243. The van der Waals surface area contributed by atoms with Gasteiger partial charge in [0.05, 0.1) is 30.7 Å². The van der Waals surface area contributed by atoms with Crippen LogP contribution in [0, 0.1) is 16.7 Å². The molecule has 0 spiro atoms. The van der Waals surface area contributed by atoms with Crippen molar-refractivity contribution in [1.29, 1.82) is 5.26 Å². The first kappa shape index (κ1) is 14.4. The van der Waals surface area contributed by atoms with Crippen molar-refractivity contribution in [3.05, 3.63) is 0 Å². The number of aliphatic hydroxyl groups is 2. The predicted octanol–water partition coefficient (Wildman–Crippen LogP) is 0.649. The minimum absolute atomic E-state index is 0.0415. The molecule has 0 heterocycles. The van der Waals surface area contributed by atoms with E-state index in [-0.39, 0.29) is 24.7 Å². The van der Waals surface area contributed by atoms with Crippen LogP contribution in [0.5, 0.6) is 0 Å². The van der Waals surface area contributed by atoms with Gasteiger partial charge < -0.3 is 15.5 Å². The van der Waals surface area contributed by atoms with Gasteiger partial charge in [0.15, 0.2) is 0 Å². The Balaban J connectivity index is 3.44. The highest BCUT2D eigenvalue weighted by Crippen LogP contribution is 2.21. The Kier molecular flexibility index (Phi) is 7.31. The van der Waals surface area contributed by atoms with Gasteiger partial charge >= 0.3 is 0 Å². The molecule has 0 bridgehead atoms. The summed E-state index contributed by atoms with van der Waals surface area (Å²) in [6.07, 6.45) is 2.83. The molecule has 3 N–H and O–H groups in total. The highest BCUT2D eigenvalue weighted by Gasteiger charge is 2.15. The maximum atomic E-state index is 8.78. The van der Waals surface area contributed by atoms with Crippen molar-refractivity contribution in [1.82, 2.24) is 5.32 Å². The van der Waals surface area contributed by atoms with E-state index in [1.54, 1.807) is 0 Å². The Labute approximate surface area is 91.9 Å². The van der Waals surface area contributed by atoms with Crippen LogP contribution in [0.25, 0.3) is 0 Å². The normalized spacial score (nSPS) is 11.7. The zero-order valence-electron chi connectivity index (χ0n) is 9.66. The summed E-state index contributed by atoms with van der Waals surface area (Å²) < 4.78 is 0. The Hall–Kier alpha value is -0.630. The van der Waals surface area contributed by atoms with Crippen LogP contribution in [-0.4, -0.2) is 36.0 Å². The van der Waals surface area contributed by atoms with Crippen LogP contribution < -0.4 is 5.32 Å². The second-order valence-corrected chi connectivity index (χ2v) is 4.47. The number of hydrogen-bond acceptors (Lipinski definition) is 4. The molecule has 0 unspecified atom stereocenters. The van der Waals surface area contributed by atoms with Gasteiger partial charge in [0.25, 0.3) is 0 Å². The van der Waals surface area contributed by atoms with Crippen molar-refractivity contribution in [3.63, 3.8) is 0 Å². The minimum Gasteiger partial charge on any atom is -0.395 e. The van der Waals surface area contributed by atoms with Gasteiger partial charge in [-0.05, 0) is 33.2 Å². The van der Waals surface area contributed by atoms with Crippen molar-refractivity contribution in [2.24, 2.45) is 5.41 Å². The van der Waals surface area contributed by atoms with E-state index in [0.717, 1.165) is 25.8 Å². The zero-order valence-corrected chi connectivity index (χ0v) is 9.66. The average Bonchev–Trinajstić information content (AvgIpc) is 2.23. The monoisotopic (exact) mass is 214 g/mol. The number of unbranched alkanes of at least 4 members (excludes halogenated alkanes) is 1. The molecule has 0 aromatic carbocycles. The van der Waals surface area contributed by atoms with E-state index >= 15 is 0 Å². The lowest BCUT2D eigenvalue weighted by Gasteiger charge is -2.16. The molecule has 0 rings (SSSR count). The summed E-state index contributed by atoms with van der Waals surface area (Å²) in [4.78, 5) is 0. The van der Waals surface area contributed by atoms with Crippen LogP contribution in [0.15, 0.2) is 0 Å². The first-order valence-electron chi connectivity index (χ1n) is 5.42. The third-order valence-electron chi connectivity index (χ3n) is 2.41. The van der Waals surface area contributed by atoms with Gasteiger partial charge in [-0.1, -0.05) is 6.42 Å². The van der Waals surface area contributed by atoms with Crippen molar-refractivity contribution in [2.45, 2.75) is 39.2 Å². The van der Waals surface area contributed by atoms with Crippen molar-refractivity contribution < 1.29 is 10.2 Å². The van der Waals surface area contributed by atoms with E-state index < -0.39 is 0 Å². The molecule has 0 aliphatic carbocycles. The molecule has 0 amide bonds. The van der Waals surface area contributed by atoms with Gasteiger partial charge in [0.1, 0.15) is 0 Å². The molecule has 0 aliphatic heterocycles. The molecular formula is C11H22N2O2. The quantitative estimate of drug-likeness (QED) is 0.518. The topological polar surface area (TPSA) is 76.3 Å². The van der Waals surface area contributed by atoms with Gasteiger partial charge in [-0.3, -0.25) is 0 Å². The first-order valence-corrected chi connectivity index (χ1v) is 5.42. The standard InChI is InChI=1S/C11H22N2O2/c1-11(2,9-12)5-3-4-6-13-10(7-14)8-15/h10,13-15H,3-8H2,1-2H3. The fourth-order valence-corrected chi connectivity index (χ4v) is 1.24. The fraction of sp³-hybridized carbons (Fsp3) is 0.909. The molecule has 0 aliphatic rings. The summed E-state index contributed by atoms with van der Waals surface area (Å²) in [7, 11) is 0. The van der Waals surface area contributed by atoms with Gasteiger partial charge in [0, 0.05) is 0 Å². The second kappa shape index (κ2) is 7.63. The molecule has 0 radical (unpaired) electrons. The van der Waals surface area contributed by atoms with Crippen LogP contribution in [0.4, 0.5) is 0 Å². The summed E-state index contributed by atoms with van der Waals surface area (Å²) in [5.41, 5.74) is -0.243. The molecule has 4 nitrogen and oxygen atoms in total. The molecule has 0 aromatic heterocycles. The summed E-state index contributed by atoms with van der Waals surface area (Å²) in [6.45, 7) is 4.56. The molecule has 0 aromatic rings. The zero-order chi connectivity index (χ0) is 11.7. The summed E-state index contributed by atoms with van der Waals surface area (Å²) in [5.74, 6) is 0. The predicted molar refractivity (Wildman–Crippen MR) is 59.2 cm³/mol. The van der Waals surface area contributed by atoms with E-state index in [2.05, 4.69) is 11.4 Å². The molecule has 0 saturated carbocycles. The third-order valence-corrected chi connectivity index (χ3v) is 2.41. The molecule has 88 valence electrons. The molecular weight excluding hydrogens is 192 g/mol. The Bertz CT molecular complexity index is 195. The highest BCUT2D eigenvalue weighted by molar-refractivity contribution is 4.91. The smallest absolute Gasteiger partial charge is 0.0683 e.